The molecule has 0 aromatic heterocycles. The molecule has 2 fully saturated rings. The van der Waals surface area contributed by atoms with E-state index in [4.69, 9.17) is 0 Å². The van der Waals surface area contributed by atoms with Crippen molar-refractivity contribution in [2.75, 3.05) is 13.1 Å². The summed E-state index contributed by atoms with van der Waals surface area (Å²) < 4.78 is 0. The van der Waals surface area contributed by atoms with Gasteiger partial charge in [0.1, 0.15) is 0 Å². The zero-order valence-electron chi connectivity index (χ0n) is 7.58. The number of hydrogen-bond acceptors (Lipinski definition) is 2. The van der Waals surface area contributed by atoms with E-state index in [1.807, 2.05) is 0 Å². The van der Waals surface area contributed by atoms with E-state index in [1.54, 1.807) is 11.8 Å². The molecule has 0 spiro atoms. The van der Waals surface area contributed by atoms with E-state index in [1.165, 1.54) is 0 Å². The second kappa shape index (κ2) is 2.22. The standard InChI is InChI=1S/C9H15NO2/c1-6-3-7(6)8(11)10-4-9(2,12)5-10/h6-7,12H,3-5H2,1-2H3/t6-,7-/m1/s1. The number of rotatable bonds is 1. The summed E-state index contributed by atoms with van der Waals surface area (Å²) in [6.45, 7) is 4.91. The first kappa shape index (κ1) is 8.05. The van der Waals surface area contributed by atoms with Crippen LogP contribution in [0.4, 0.5) is 0 Å². The van der Waals surface area contributed by atoms with Gasteiger partial charge in [-0.05, 0) is 19.3 Å². The first-order valence-electron chi connectivity index (χ1n) is 4.51. The maximum atomic E-state index is 11.5. The molecule has 3 heteroatoms. The Kier molecular flexibility index (Phi) is 1.49. The van der Waals surface area contributed by atoms with E-state index in [9.17, 15) is 9.90 Å². The molecule has 2 atom stereocenters. The Morgan fingerprint density at radius 1 is 1.58 bits per heavy atom. The molecule has 0 radical (unpaired) electrons. The van der Waals surface area contributed by atoms with Crippen LogP contribution in [0.25, 0.3) is 0 Å². The predicted octanol–water partition coefficient (Wildman–Crippen LogP) is 0.236. The number of carbonyl (C=O) groups is 1. The third kappa shape index (κ3) is 1.22. The predicted molar refractivity (Wildman–Crippen MR) is 44.5 cm³/mol. The van der Waals surface area contributed by atoms with Crippen LogP contribution in [0.3, 0.4) is 0 Å². The second-order valence-corrected chi connectivity index (χ2v) is 4.51. The van der Waals surface area contributed by atoms with Gasteiger partial charge < -0.3 is 10.0 Å². The summed E-state index contributed by atoms with van der Waals surface area (Å²) in [6.07, 6.45) is 1.04. The Morgan fingerprint density at radius 2 is 2.08 bits per heavy atom. The van der Waals surface area contributed by atoms with Gasteiger partial charge in [-0.25, -0.2) is 0 Å². The van der Waals surface area contributed by atoms with Crippen LogP contribution in [0.2, 0.25) is 0 Å². The number of aliphatic hydroxyl groups is 1. The van der Waals surface area contributed by atoms with E-state index in [-0.39, 0.29) is 11.8 Å². The number of likely N-dealkylation sites (tertiary alicyclic amines) is 1. The molecule has 3 nitrogen and oxygen atoms in total. The molecule has 1 amide bonds. The fourth-order valence-corrected chi connectivity index (χ4v) is 1.83. The second-order valence-electron chi connectivity index (χ2n) is 4.51. The fourth-order valence-electron chi connectivity index (χ4n) is 1.83. The number of hydrogen-bond donors (Lipinski definition) is 1. The monoisotopic (exact) mass is 169 g/mol. The van der Waals surface area contributed by atoms with E-state index in [0.29, 0.717) is 19.0 Å². The third-order valence-electron chi connectivity index (χ3n) is 2.80. The molecular formula is C9H15NO2. The normalized spacial score (nSPS) is 37.4. The highest BCUT2D eigenvalue weighted by atomic mass is 16.3. The highest BCUT2D eigenvalue weighted by molar-refractivity contribution is 5.82. The summed E-state index contributed by atoms with van der Waals surface area (Å²) in [4.78, 5) is 13.3. The molecular weight excluding hydrogens is 154 g/mol. The highest BCUT2D eigenvalue weighted by Crippen LogP contribution is 2.40. The summed E-state index contributed by atoms with van der Waals surface area (Å²) in [7, 11) is 0. The van der Waals surface area contributed by atoms with Gasteiger partial charge in [-0.2, -0.15) is 0 Å². The van der Waals surface area contributed by atoms with E-state index in [2.05, 4.69) is 6.92 Å². The molecule has 68 valence electrons. The lowest BCUT2D eigenvalue weighted by atomic mass is 9.96. The molecule has 1 aliphatic heterocycles. The molecule has 12 heavy (non-hydrogen) atoms. The van der Waals surface area contributed by atoms with Crippen molar-refractivity contribution in [1.29, 1.82) is 0 Å². The van der Waals surface area contributed by atoms with Gasteiger partial charge in [0.15, 0.2) is 0 Å². The van der Waals surface area contributed by atoms with Gasteiger partial charge in [-0.3, -0.25) is 4.79 Å². The lowest BCUT2D eigenvalue weighted by Gasteiger charge is -2.44. The number of amides is 1. The maximum Gasteiger partial charge on any atom is 0.226 e. The lowest BCUT2D eigenvalue weighted by Crippen LogP contribution is -2.62. The average molecular weight is 169 g/mol. The molecule has 1 saturated heterocycles. The zero-order valence-corrected chi connectivity index (χ0v) is 7.58. The topological polar surface area (TPSA) is 40.5 Å². The molecule has 0 aromatic carbocycles. The Morgan fingerprint density at radius 3 is 2.42 bits per heavy atom. The summed E-state index contributed by atoms with van der Waals surface area (Å²) in [5.41, 5.74) is -0.617. The molecule has 0 bridgehead atoms. The van der Waals surface area contributed by atoms with Crippen molar-refractivity contribution in [2.45, 2.75) is 25.9 Å². The smallest absolute Gasteiger partial charge is 0.226 e. The van der Waals surface area contributed by atoms with Crippen LogP contribution in [0.1, 0.15) is 20.3 Å². The Bertz CT molecular complexity index is 217. The summed E-state index contributed by atoms with van der Waals surface area (Å²) in [6, 6.07) is 0. The van der Waals surface area contributed by atoms with Crippen LogP contribution >= 0.6 is 0 Å². The minimum Gasteiger partial charge on any atom is -0.386 e. The first-order valence-corrected chi connectivity index (χ1v) is 4.51. The van der Waals surface area contributed by atoms with Crippen molar-refractivity contribution in [3.8, 4) is 0 Å². The van der Waals surface area contributed by atoms with Crippen molar-refractivity contribution < 1.29 is 9.90 Å². The van der Waals surface area contributed by atoms with Crippen LogP contribution in [-0.4, -0.2) is 34.6 Å². The quantitative estimate of drug-likeness (QED) is 0.610. The van der Waals surface area contributed by atoms with Crippen molar-refractivity contribution in [2.24, 2.45) is 11.8 Å². The van der Waals surface area contributed by atoms with Crippen molar-refractivity contribution in [3.63, 3.8) is 0 Å². The summed E-state index contributed by atoms with van der Waals surface area (Å²) in [5.74, 6) is 1.08. The SMILES string of the molecule is C[C@@H]1C[C@H]1C(=O)N1CC(C)(O)C1. The number of carbonyl (C=O) groups excluding carboxylic acids is 1. The molecule has 2 rings (SSSR count). The van der Waals surface area contributed by atoms with Gasteiger partial charge in [0.05, 0.1) is 18.7 Å². The van der Waals surface area contributed by atoms with Crippen molar-refractivity contribution >= 4 is 5.91 Å². The van der Waals surface area contributed by atoms with Gasteiger partial charge in [-0.15, -0.1) is 0 Å². The summed E-state index contributed by atoms with van der Waals surface area (Å²) in [5, 5.41) is 9.41. The Labute approximate surface area is 72.4 Å². The van der Waals surface area contributed by atoms with E-state index >= 15 is 0 Å². The van der Waals surface area contributed by atoms with Gasteiger partial charge in [0.2, 0.25) is 5.91 Å². The van der Waals surface area contributed by atoms with Crippen LogP contribution in [0.5, 0.6) is 0 Å². The van der Waals surface area contributed by atoms with Crippen LogP contribution in [-0.2, 0) is 4.79 Å². The van der Waals surface area contributed by atoms with Gasteiger partial charge in [0.25, 0.3) is 0 Å². The lowest BCUT2D eigenvalue weighted by molar-refractivity contribution is -0.153. The van der Waals surface area contributed by atoms with Crippen molar-refractivity contribution in [3.05, 3.63) is 0 Å². The number of nitrogens with zero attached hydrogens (tertiary/aromatic N) is 1. The maximum absolute atomic E-state index is 11.5. The van der Waals surface area contributed by atoms with Gasteiger partial charge in [-0.1, -0.05) is 6.92 Å². The van der Waals surface area contributed by atoms with Gasteiger partial charge >= 0.3 is 0 Å². The molecule has 1 aliphatic carbocycles. The molecule has 1 N–H and O–H groups in total. The minimum atomic E-state index is -0.617. The van der Waals surface area contributed by atoms with E-state index < -0.39 is 5.60 Å². The molecule has 0 aromatic rings. The van der Waals surface area contributed by atoms with Crippen LogP contribution in [0, 0.1) is 11.8 Å². The van der Waals surface area contributed by atoms with Crippen molar-refractivity contribution in [1.82, 2.24) is 4.90 Å². The Balaban J connectivity index is 1.85. The largest absolute Gasteiger partial charge is 0.386 e. The van der Waals surface area contributed by atoms with E-state index in [0.717, 1.165) is 6.42 Å². The average Bonchev–Trinajstić information content (AvgIpc) is 2.60. The third-order valence-corrected chi connectivity index (χ3v) is 2.80. The van der Waals surface area contributed by atoms with Crippen LogP contribution < -0.4 is 0 Å². The molecule has 1 heterocycles. The van der Waals surface area contributed by atoms with Gasteiger partial charge in [0, 0.05) is 5.92 Å². The molecule has 2 aliphatic rings. The molecule has 0 unspecified atom stereocenters. The minimum absolute atomic E-state index is 0.244. The van der Waals surface area contributed by atoms with Crippen LogP contribution in [0.15, 0.2) is 0 Å². The zero-order chi connectivity index (χ0) is 8.93. The molecule has 1 saturated carbocycles. The fraction of sp³-hybridized carbons (Fsp3) is 0.889. The Hall–Kier alpha value is -0.570. The summed E-state index contributed by atoms with van der Waals surface area (Å²) >= 11 is 0. The number of β-amino-alcohol motifs (C(OH)–C–C–N with tert-alkyl or cyclic N) is 1. The highest BCUT2D eigenvalue weighted by Gasteiger charge is 2.47. The first-order chi connectivity index (χ1) is 5.49.